The van der Waals surface area contributed by atoms with Crippen molar-refractivity contribution in [2.24, 2.45) is 5.73 Å². The van der Waals surface area contributed by atoms with Crippen LogP contribution in [-0.2, 0) is 10.0 Å². The van der Waals surface area contributed by atoms with Gasteiger partial charge in [0.25, 0.3) is 0 Å². The third-order valence-corrected chi connectivity index (χ3v) is 4.90. The van der Waals surface area contributed by atoms with E-state index in [4.69, 9.17) is 17.3 Å². The molecule has 0 aromatic heterocycles. The third kappa shape index (κ3) is 4.22. The van der Waals surface area contributed by atoms with Gasteiger partial charge in [-0.1, -0.05) is 18.5 Å². The summed E-state index contributed by atoms with van der Waals surface area (Å²) in [6.45, 7) is 2.12. The summed E-state index contributed by atoms with van der Waals surface area (Å²) in [5.41, 5.74) is 5.65. The highest BCUT2D eigenvalue weighted by molar-refractivity contribution is 9.10. The van der Waals surface area contributed by atoms with Gasteiger partial charge in [0.2, 0.25) is 10.0 Å². The molecule has 0 aliphatic heterocycles. The van der Waals surface area contributed by atoms with Gasteiger partial charge in [-0.25, -0.2) is 13.1 Å². The van der Waals surface area contributed by atoms with Crippen molar-refractivity contribution in [3.63, 3.8) is 0 Å². The zero-order chi connectivity index (χ0) is 13.1. The highest BCUT2D eigenvalue weighted by atomic mass is 79.9. The molecule has 3 N–H and O–H groups in total. The molecule has 0 spiro atoms. The van der Waals surface area contributed by atoms with Gasteiger partial charge in [0.05, 0.1) is 9.92 Å². The number of nitrogens with two attached hydrogens (primary N) is 1. The summed E-state index contributed by atoms with van der Waals surface area (Å²) in [7, 11) is -3.52. The monoisotopic (exact) mass is 340 g/mol. The molecule has 1 rings (SSSR count). The molecule has 0 aliphatic rings. The van der Waals surface area contributed by atoms with E-state index >= 15 is 0 Å². The normalized spacial score (nSPS) is 13.6. The standard InChI is InChI=1S/C10H14BrClN2O2S/c1-2-7(13)6-14-17(15,16)8-3-4-10(12)9(11)5-8/h3-5,7,14H,2,6,13H2,1H3. The van der Waals surface area contributed by atoms with Gasteiger partial charge in [-0.05, 0) is 40.5 Å². The Morgan fingerprint density at radius 3 is 2.71 bits per heavy atom. The summed E-state index contributed by atoms with van der Waals surface area (Å²) in [4.78, 5) is 0.164. The average molecular weight is 342 g/mol. The van der Waals surface area contributed by atoms with Crippen LogP contribution >= 0.6 is 27.5 Å². The van der Waals surface area contributed by atoms with Crippen LogP contribution in [-0.4, -0.2) is 21.0 Å². The second-order valence-corrected chi connectivity index (χ2v) is 6.62. The van der Waals surface area contributed by atoms with Crippen LogP contribution in [0.2, 0.25) is 5.02 Å². The van der Waals surface area contributed by atoms with Crippen molar-refractivity contribution in [3.05, 3.63) is 27.7 Å². The lowest BCUT2D eigenvalue weighted by Crippen LogP contribution is -2.36. The first-order chi connectivity index (χ1) is 7.86. The molecular formula is C10H14BrClN2O2S. The van der Waals surface area contributed by atoms with Crippen molar-refractivity contribution in [1.82, 2.24) is 4.72 Å². The molecule has 1 unspecified atom stereocenters. The SMILES string of the molecule is CCC(N)CNS(=O)(=O)c1ccc(Cl)c(Br)c1. The van der Waals surface area contributed by atoms with Crippen LogP contribution in [0.1, 0.15) is 13.3 Å². The number of halogens is 2. The van der Waals surface area contributed by atoms with Crippen LogP contribution in [0.3, 0.4) is 0 Å². The predicted molar refractivity (Wildman–Crippen MR) is 72.6 cm³/mol. The van der Waals surface area contributed by atoms with Crippen LogP contribution in [0.25, 0.3) is 0 Å². The fourth-order valence-electron chi connectivity index (χ4n) is 1.09. The smallest absolute Gasteiger partial charge is 0.240 e. The number of hydrogen-bond acceptors (Lipinski definition) is 3. The molecule has 0 saturated heterocycles. The Morgan fingerprint density at radius 1 is 1.53 bits per heavy atom. The quantitative estimate of drug-likeness (QED) is 0.861. The van der Waals surface area contributed by atoms with E-state index in [9.17, 15) is 8.42 Å². The van der Waals surface area contributed by atoms with Gasteiger partial charge in [0.15, 0.2) is 0 Å². The first-order valence-electron chi connectivity index (χ1n) is 5.07. The zero-order valence-corrected chi connectivity index (χ0v) is 12.4. The molecule has 0 radical (unpaired) electrons. The maximum absolute atomic E-state index is 11.9. The Balaban J connectivity index is 2.86. The van der Waals surface area contributed by atoms with Crippen molar-refractivity contribution in [2.45, 2.75) is 24.3 Å². The van der Waals surface area contributed by atoms with Crippen LogP contribution < -0.4 is 10.5 Å². The number of rotatable bonds is 5. The van der Waals surface area contributed by atoms with Crippen molar-refractivity contribution in [3.8, 4) is 0 Å². The van der Waals surface area contributed by atoms with Gasteiger partial charge in [-0.3, -0.25) is 0 Å². The minimum absolute atomic E-state index is 0.164. The summed E-state index contributed by atoms with van der Waals surface area (Å²) in [5, 5.41) is 0.467. The Kier molecular flexibility index (Phi) is 5.40. The van der Waals surface area contributed by atoms with Gasteiger partial charge in [0, 0.05) is 17.1 Å². The highest BCUT2D eigenvalue weighted by Gasteiger charge is 2.15. The summed E-state index contributed by atoms with van der Waals surface area (Å²) in [6.07, 6.45) is 0.715. The van der Waals surface area contributed by atoms with Crippen LogP contribution in [0, 0.1) is 0 Å². The largest absolute Gasteiger partial charge is 0.327 e. The van der Waals surface area contributed by atoms with E-state index in [1.165, 1.54) is 18.2 Å². The number of nitrogens with one attached hydrogen (secondary N) is 1. The van der Waals surface area contributed by atoms with Gasteiger partial charge in [-0.2, -0.15) is 0 Å². The average Bonchev–Trinajstić information content (AvgIpc) is 2.29. The maximum Gasteiger partial charge on any atom is 0.240 e. The molecule has 0 bridgehead atoms. The second kappa shape index (κ2) is 6.15. The number of sulfonamides is 1. The molecule has 0 amide bonds. The molecule has 1 atom stereocenters. The molecule has 1 aromatic carbocycles. The summed E-state index contributed by atoms with van der Waals surface area (Å²) in [5.74, 6) is 0. The first-order valence-corrected chi connectivity index (χ1v) is 7.72. The predicted octanol–water partition coefficient (Wildman–Crippen LogP) is 2.12. The minimum atomic E-state index is -3.52. The molecule has 96 valence electrons. The molecule has 1 aromatic rings. The molecule has 7 heteroatoms. The zero-order valence-electron chi connectivity index (χ0n) is 9.28. The molecule has 4 nitrogen and oxygen atoms in total. The van der Waals surface area contributed by atoms with E-state index in [0.717, 1.165) is 0 Å². The number of hydrogen-bond donors (Lipinski definition) is 2. The van der Waals surface area contributed by atoms with E-state index in [2.05, 4.69) is 20.7 Å². The van der Waals surface area contributed by atoms with E-state index in [1.807, 2.05) is 6.92 Å². The van der Waals surface area contributed by atoms with Crippen molar-refractivity contribution in [2.75, 3.05) is 6.54 Å². The molecule has 0 aliphatic carbocycles. The molecule has 17 heavy (non-hydrogen) atoms. The van der Waals surface area contributed by atoms with E-state index < -0.39 is 10.0 Å². The highest BCUT2D eigenvalue weighted by Crippen LogP contribution is 2.25. The number of benzene rings is 1. The Labute approximate surface area is 115 Å². The second-order valence-electron chi connectivity index (χ2n) is 3.60. The topological polar surface area (TPSA) is 72.2 Å². The Morgan fingerprint density at radius 2 is 2.18 bits per heavy atom. The summed E-state index contributed by atoms with van der Waals surface area (Å²) < 4.78 is 26.8. The fourth-order valence-corrected chi connectivity index (χ4v) is 2.86. The first kappa shape index (κ1) is 14.9. The van der Waals surface area contributed by atoms with E-state index in [-0.39, 0.29) is 17.5 Å². The lowest BCUT2D eigenvalue weighted by molar-refractivity contribution is 0.564. The molecular weight excluding hydrogens is 328 g/mol. The third-order valence-electron chi connectivity index (χ3n) is 2.26. The fraction of sp³-hybridized carbons (Fsp3) is 0.400. The van der Waals surface area contributed by atoms with E-state index in [0.29, 0.717) is 15.9 Å². The van der Waals surface area contributed by atoms with Crippen LogP contribution in [0.15, 0.2) is 27.6 Å². The Hall–Kier alpha value is -0.140. The van der Waals surface area contributed by atoms with Crippen molar-refractivity contribution < 1.29 is 8.42 Å². The molecule has 0 fully saturated rings. The molecule has 0 saturated carbocycles. The van der Waals surface area contributed by atoms with Crippen molar-refractivity contribution in [1.29, 1.82) is 0 Å². The van der Waals surface area contributed by atoms with Gasteiger partial charge in [-0.15, -0.1) is 0 Å². The Bertz CT molecular complexity index is 493. The molecule has 0 heterocycles. The van der Waals surface area contributed by atoms with Gasteiger partial charge >= 0.3 is 0 Å². The van der Waals surface area contributed by atoms with E-state index in [1.54, 1.807) is 0 Å². The van der Waals surface area contributed by atoms with Crippen molar-refractivity contribution >= 4 is 37.6 Å². The maximum atomic E-state index is 11.9. The lowest BCUT2D eigenvalue weighted by Gasteiger charge is -2.11. The van der Waals surface area contributed by atoms with Gasteiger partial charge < -0.3 is 5.73 Å². The van der Waals surface area contributed by atoms with Crippen LogP contribution in [0.5, 0.6) is 0 Å². The summed E-state index contributed by atoms with van der Waals surface area (Å²) >= 11 is 8.98. The lowest BCUT2D eigenvalue weighted by atomic mass is 10.2. The van der Waals surface area contributed by atoms with Gasteiger partial charge in [0.1, 0.15) is 0 Å². The summed E-state index contributed by atoms with van der Waals surface area (Å²) in [6, 6.07) is 4.26. The van der Waals surface area contributed by atoms with Crippen LogP contribution in [0.4, 0.5) is 0 Å². The minimum Gasteiger partial charge on any atom is -0.327 e.